The highest BCUT2D eigenvalue weighted by molar-refractivity contribution is 6.09. The van der Waals surface area contributed by atoms with Gasteiger partial charge in [0.05, 0.1) is 24.5 Å². The first-order valence-electron chi connectivity index (χ1n) is 11.3. The van der Waals surface area contributed by atoms with E-state index in [2.05, 4.69) is 5.32 Å². The number of carbonyl (C=O) groups is 3. The molecule has 1 aliphatic rings. The van der Waals surface area contributed by atoms with Gasteiger partial charge in [-0.1, -0.05) is 19.1 Å². The Bertz CT molecular complexity index is 999. The van der Waals surface area contributed by atoms with Gasteiger partial charge in [-0.25, -0.2) is 0 Å². The maximum Gasteiger partial charge on any atom is 0.255 e. The van der Waals surface area contributed by atoms with Crippen LogP contribution in [-0.4, -0.2) is 48.9 Å². The van der Waals surface area contributed by atoms with Crippen LogP contribution in [0.5, 0.6) is 11.5 Å². The van der Waals surface area contributed by atoms with Crippen LogP contribution in [0.3, 0.4) is 0 Å². The van der Waals surface area contributed by atoms with Crippen LogP contribution in [0.4, 0.5) is 5.69 Å². The molecule has 1 saturated heterocycles. The summed E-state index contributed by atoms with van der Waals surface area (Å²) < 4.78 is 11.3. The number of ether oxygens (including phenoxy) is 2. The van der Waals surface area contributed by atoms with Gasteiger partial charge in [-0.05, 0) is 56.5 Å². The molecule has 1 aliphatic heterocycles. The highest BCUT2D eigenvalue weighted by Gasteiger charge is 2.27. The van der Waals surface area contributed by atoms with Crippen LogP contribution in [0, 0.1) is 5.92 Å². The molecular weight excluding hydrogens is 422 g/mol. The minimum absolute atomic E-state index is 0.188. The monoisotopic (exact) mass is 453 g/mol. The lowest BCUT2D eigenvalue weighted by molar-refractivity contribution is -0.123. The molecule has 0 aliphatic carbocycles. The molecule has 0 aromatic heterocycles. The molecule has 0 unspecified atom stereocenters. The number of hydrogen-bond acceptors (Lipinski definition) is 5. The summed E-state index contributed by atoms with van der Waals surface area (Å²) in [4.78, 5) is 39.2. The zero-order valence-corrected chi connectivity index (χ0v) is 19.1. The van der Waals surface area contributed by atoms with Crippen molar-refractivity contribution in [3.05, 3.63) is 53.6 Å². The van der Waals surface area contributed by atoms with Gasteiger partial charge in [0.2, 0.25) is 5.91 Å². The van der Waals surface area contributed by atoms with Crippen LogP contribution in [0.15, 0.2) is 42.5 Å². The van der Waals surface area contributed by atoms with Gasteiger partial charge in [0.1, 0.15) is 0 Å². The second-order valence-electron chi connectivity index (χ2n) is 7.91. The number of nitrogens with one attached hydrogen (secondary N) is 1. The number of hydrogen-bond donors (Lipinski definition) is 2. The standard InChI is InChI=1S/C25H31N3O5/c1-3-15-33-21-10-9-18(16-22(21)32-4-2)24(30)27-20-8-6-5-7-19(20)25(31)28-13-11-17(12-14-28)23(26)29/h5-10,16-17H,3-4,11-15H2,1-2H3,(H2,26,29)(H,27,30). The summed E-state index contributed by atoms with van der Waals surface area (Å²) in [6.07, 6.45) is 1.95. The number of carbonyl (C=O) groups excluding carboxylic acids is 3. The van der Waals surface area contributed by atoms with E-state index in [4.69, 9.17) is 15.2 Å². The van der Waals surface area contributed by atoms with Crippen molar-refractivity contribution < 1.29 is 23.9 Å². The molecule has 0 saturated carbocycles. The molecule has 2 aromatic carbocycles. The Kier molecular flexibility index (Phi) is 8.29. The van der Waals surface area contributed by atoms with Crippen molar-refractivity contribution >= 4 is 23.4 Å². The van der Waals surface area contributed by atoms with E-state index >= 15 is 0 Å². The Hall–Kier alpha value is -3.55. The summed E-state index contributed by atoms with van der Waals surface area (Å²) in [6, 6.07) is 11.9. The van der Waals surface area contributed by atoms with Crippen molar-refractivity contribution in [3.63, 3.8) is 0 Å². The first-order valence-corrected chi connectivity index (χ1v) is 11.3. The van der Waals surface area contributed by atoms with E-state index in [0.29, 0.717) is 67.5 Å². The van der Waals surface area contributed by atoms with Crippen molar-refractivity contribution in [2.75, 3.05) is 31.6 Å². The highest BCUT2D eigenvalue weighted by atomic mass is 16.5. The molecule has 176 valence electrons. The largest absolute Gasteiger partial charge is 0.490 e. The van der Waals surface area contributed by atoms with Crippen LogP contribution >= 0.6 is 0 Å². The van der Waals surface area contributed by atoms with Gasteiger partial charge < -0.3 is 25.4 Å². The fourth-order valence-electron chi connectivity index (χ4n) is 3.76. The third-order valence-electron chi connectivity index (χ3n) is 5.56. The SMILES string of the molecule is CCCOc1ccc(C(=O)Nc2ccccc2C(=O)N2CCC(C(N)=O)CC2)cc1OCC. The predicted molar refractivity (Wildman–Crippen MR) is 126 cm³/mol. The number of likely N-dealkylation sites (tertiary alicyclic amines) is 1. The lowest BCUT2D eigenvalue weighted by Crippen LogP contribution is -2.42. The van der Waals surface area contributed by atoms with Crippen LogP contribution in [0.2, 0.25) is 0 Å². The summed E-state index contributed by atoms with van der Waals surface area (Å²) in [5.74, 6) is 0.0170. The van der Waals surface area contributed by atoms with E-state index in [1.807, 2.05) is 13.8 Å². The molecule has 2 aromatic rings. The number of amides is 3. The third kappa shape index (κ3) is 6.03. The van der Waals surface area contributed by atoms with Gasteiger partial charge in [-0.3, -0.25) is 14.4 Å². The molecule has 0 bridgehead atoms. The molecule has 3 N–H and O–H groups in total. The van der Waals surface area contributed by atoms with Gasteiger partial charge >= 0.3 is 0 Å². The number of benzene rings is 2. The molecular formula is C25H31N3O5. The quantitative estimate of drug-likeness (QED) is 0.604. The van der Waals surface area contributed by atoms with Crippen molar-refractivity contribution in [3.8, 4) is 11.5 Å². The van der Waals surface area contributed by atoms with E-state index in [0.717, 1.165) is 6.42 Å². The van der Waals surface area contributed by atoms with E-state index < -0.39 is 0 Å². The fraction of sp³-hybridized carbons (Fsp3) is 0.400. The molecule has 0 spiro atoms. The van der Waals surface area contributed by atoms with Gasteiger partial charge in [0.15, 0.2) is 11.5 Å². The Balaban J connectivity index is 1.75. The van der Waals surface area contributed by atoms with Crippen molar-refractivity contribution in [1.82, 2.24) is 4.90 Å². The Labute approximate surface area is 194 Å². The minimum Gasteiger partial charge on any atom is -0.490 e. The van der Waals surface area contributed by atoms with Gasteiger partial charge in [0.25, 0.3) is 11.8 Å². The van der Waals surface area contributed by atoms with E-state index in [-0.39, 0.29) is 23.6 Å². The summed E-state index contributed by atoms with van der Waals surface area (Å²) >= 11 is 0. The van der Waals surface area contributed by atoms with Crippen LogP contribution in [0.25, 0.3) is 0 Å². The molecule has 33 heavy (non-hydrogen) atoms. The molecule has 8 heteroatoms. The second kappa shape index (κ2) is 11.4. The van der Waals surface area contributed by atoms with E-state index in [1.165, 1.54) is 0 Å². The van der Waals surface area contributed by atoms with Gasteiger partial charge in [-0.15, -0.1) is 0 Å². The zero-order valence-electron chi connectivity index (χ0n) is 19.1. The number of primary amides is 1. The fourth-order valence-corrected chi connectivity index (χ4v) is 3.76. The third-order valence-corrected chi connectivity index (χ3v) is 5.56. The number of piperidine rings is 1. The number of rotatable bonds is 9. The smallest absolute Gasteiger partial charge is 0.255 e. The molecule has 1 heterocycles. The maximum absolute atomic E-state index is 13.1. The lowest BCUT2D eigenvalue weighted by atomic mass is 9.95. The predicted octanol–water partition coefficient (Wildman–Crippen LogP) is 3.46. The van der Waals surface area contributed by atoms with E-state index in [9.17, 15) is 14.4 Å². The lowest BCUT2D eigenvalue weighted by Gasteiger charge is -2.31. The molecule has 0 radical (unpaired) electrons. The number of nitrogens with zero attached hydrogens (tertiary/aromatic N) is 1. The summed E-state index contributed by atoms with van der Waals surface area (Å²) in [7, 11) is 0. The minimum atomic E-state index is -0.356. The highest BCUT2D eigenvalue weighted by Crippen LogP contribution is 2.29. The van der Waals surface area contributed by atoms with Crippen molar-refractivity contribution in [2.45, 2.75) is 33.1 Å². The van der Waals surface area contributed by atoms with Crippen molar-refractivity contribution in [1.29, 1.82) is 0 Å². The van der Waals surface area contributed by atoms with Crippen LogP contribution in [0.1, 0.15) is 53.8 Å². The van der Waals surface area contributed by atoms with E-state index in [1.54, 1.807) is 47.4 Å². The first-order chi connectivity index (χ1) is 15.9. The normalized spacial score (nSPS) is 13.9. The Morgan fingerprint density at radius 3 is 2.42 bits per heavy atom. The van der Waals surface area contributed by atoms with Gasteiger partial charge in [0, 0.05) is 24.6 Å². The summed E-state index contributed by atoms with van der Waals surface area (Å²) in [6.45, 7) is 5.78. The number of nitrogens with two attached hydrogens (primary N) is 1. The average Bonchev–Trinajstić information content (AvgIpc) is 2.83. The average molecular weight is 454 g/mol. The molecule has 3 amide bonds. The van der Waals surface area contributed by atoms with Gasteiger partial charge in [-0.2, -0.15) is 0 Å². The van der Waals surface area contributed by atoms with Crippen LogP contribution in [-0.2, 0) is 4.79 Å². The topological polar surface area (TPSA) is 111 Å². The summed E-state index contributed by atoms with van der Waals surface area (Å²) in [5, 5.41) is 2.85. The maximum atomic E-state index is 13.1. The Morgan fingerprint density at radius 1 is 1.03 bits per heavy atom. The number of para-hydroxylation sites is 1. The second-order valence-corrected chi connectivity index (χ2v) is 7.91. The number of anilines is 1. The zero-order chi connectivity index (χ0) is 23.8. The molecule has 0 atom stereocenters. The van der Waals surface area contributed by atoms with Crippen molar-refractivity contribution in [2.24, 2.45) is 11.7 Å². The molecule has 3 rings (SSSR count). The molecule has 1 fully saturated rings. The van der Waals surface area contributed by atoms with Crippen LogP contribution < -0.4 is 20.5 Å². The Morgan fingerprint density at radius 2 is 1.76 bits per heavy atom. The summed E-state index contributed by atoms with van der Waals surface area (Å²) in [5.41, 5.74) is 6.61. The molecule has 8 nitrogen and oxygen atoms in total. The first kappa shape index (κ1) is 24.1.